The lowest BCUT2D eigenvalue weighted by molar-refractivity contribution is 0.101. The highest BCUT2D eigenvalue weighted by Crippen LogP contribution is 2.50. The number of fused-ring (bicyclic) bond motifs is 2. The van der Waals surface area contributed by atoms with Crippen LogP contribution in [-0.4, -0.2) is 46.3 Å². The Morgan fingerprint density at radius 2 is 1.63 bits per heavy atom. The zero-order valence-electron chi connectivity index (χ0n) is 18.4. The Bertz CT molecular complexity index is 1620. The number of carbonyl (C=O) groups is 1. The Morgan fingerprint density at radius 1 is 0.914 bits per heavy atom. The number of phenolic OH excluding ortho intramolecular Hbond substituents is 3. The topological polar surface area (TPSA) is 171 Å². The monoisotopic (exact) mass is 500 g/mol. The smallest absolute Gasteiger partial charge is 0.446 e. The number of benzene rings is 4. The summed E-state index contributed by atoms with van der Waals surface area (Å²) >= 11 is 0. The molecule has 11 heteroatoms. The summed E-state index contributed by atoms with van der Waals surface area (Å²) in [6.07, 6.45) is 0. The van der Waals surface area contributed by atoms with Crippen molar-refractivity contribution in [2.45, 2.75) is 13.5 Å². The molecule has 10 nitrogen and oxygen atoms in total. The van der Waals surface area contributed by atoms with Crippen molar-refractivity contribution in [2.24, 2.45) is 0 Å². The van der Waals surface area contributed by atoms with E-state index in [9.17, 15) is 38.2 Å². The third-order valence-electron chi connectivity index (χ3n) is 5.57. The van der Waals surface area contributed by atoms with Crippen molar-refractivity contribution in [1.29, 1.82) is 0 Å². The van der Waals surface area contributed by atoms with E-state index >= 15 is 0 Å². The molecule has 0 aliphatic rings. The van der Waals surface area contributed by atoms with Crippen LogP contribution in [0.3, 0.4) is 0 Å². The molecule has 0 fully saturated rings. The molecule has 0 aliphatic carbocycles. The number of Topliss-reactive ketones (excluding diaryl/α,β-unsaturated/α-hetero) is 1. The van der Waals surface area contributed by atoms with E-state index in [2.05, 4.69) is 0 Å². The van der Waals surface area contributed by atoms with Gasteiger partial charge in [0.1, 0.15) is 28.6 Å². The number of rotatable bonds is 6. The Morgan fingerprint density at radius 3 is 2.23 bits per heavy atom. The number of aliphatic hydroxyl groups excluding tert-OH is 1. The van der Waals surface area contributed by atoms with E-state index in [1.54, 1.807) is 18.2 Å². The van der Waals surface area contributed by atoms with Crippen LogP contribution in [0.2, 0.25) is 0 Å². The lowest BCUT2D eigenvalue weighted by Gasteiger charge is -2.21. The standard InChI is InChI=1S/C24H20O10S/c1-11(26)21-19(29)9-20(34-35(30,31)32)23(24(21)33-2)22-13(10-25)7-18(28)15-8-14-12(6-16(15)22)4-3-5-17(14)27/h3-9,25,27-29H,10H2,1-2H3,(H,30,31,32). The van der Waals surface area contributed by atoms with Crippen molar-refractivity contribution in [3.63, 3.8) is 0 Å². The number of ketones is 1. The van der Waals surface area contributed by atoms with Gasteiger partial charge in [-0.15, -0.1) is 0 Å². The van der Waals surface area contributed by atoms with Crippen molar-refractivity contribution in [1.82, 2.24) is 0 Å². The van der Waals surface area contributed by atoms with E-state index in [1.807, 2.05) is 0 Å². The van der Waals surface area contributed by atoms with Crippen molar-refractivity contribution >= 4 is 37.7 Å². The zero-order chi connectivity index (χ0) is 25.7. The minimum absolute atomic E-state index is 0.0481. The van der Waals surface area contributed by atoms with Crippen LogP contribution < -0.4 is 8.92 Å². The molecule has 182 valence electrons. The lowest BCUT2D eigenvalue weighted by atomic mass is 9.88. The van der Waals surface area contributed by atoms with Crippen molar-refractivity contribution in [3.8, 4) is 39.9 Å². The molecule has 0 bridgehead atoms. The quantitative estimate of drug-likeness (QED) is 0.149. The summed E-state index contributed by atoms with van der Waals surface area (Å²) in [7, 11) is -3.92. The summed E-state index contributed by atoms with van der Waals surface area (Å²) < 4.78 is 42.7. The number of ether oxygens (including phenoxy) is 1. The molecule has 0 aliphatic heterocycles. The Hall–Kier alpha value is -4.06. The average Bonchev–Trinajstić information content (AvgIpc) is 2.77. The molecule has 0 radical (unpaired) electrons. The van der Waals surface area contributed by atoms with Gasteiger partial charge in [-0.1, -0.05) is 12.1 Å². The number of phenols is 3. The first-order valence-electron chi connectivity index (χ1n) is 10.1. The minimum Gasteiger partial charge on any atom is -0.507 e. The summed E-state index contributed by atoms with van der Waals surface area (Å²) in [5.74, 6) is -2.46. The van der Waals surface area contributed by atoms with Gasteiger partial charge in [0, 0.05) is 22.4 Å². The van der Waals surface area contributed by atoms with Gasteiger partial charge in [-0.2, -0.15) is 8.42 Å². The third-order valence-corrected chi connectivity index (χ3v) is 5.96. The third kappa shape index (κ3) is 4.16. The molecule has 4 aromatic rings. The van der Waals surface area contributed by atoms with Gasteiger partial charge in [0.15, 0.2) is 11.5 Å². The predicted molar refractivity (Wildman–Crippen MR) is 127 cm³/mol. The highest BCUT2D eigenvalue weighted by Gasteiger charge is 2.29. The van der Waals surface area contributed by atoms with Crippen LogP contribution in [0.15, 0.2) is 42.5 Å². The highest BCUT2D eigenvalue weighted by atomic mass is 32.3. The number of methoxy groups -OCH3 is 1. The summed E-state index contributed by atoms with van der Waals surface area (Å²) in [5, 5.41) is 42.9. The van der Waals surface area contributed by atoms with E-state index in [1.165, 1.54) is 25.3 Å². The summed E-state index contributed by atoms with van der Waals surface area (Å²) in [6.45, 7) is 0.518. The maximum atomic E-state index is 12.3. The average molecular weight is 500 g/mol. The molecular formula is C24H20O10S. The van der Waals surface area contributed by atoms with Gasteiger partial charge in [-0.25, -0.2) is 0 Å². The fourth-order valence-corrected chi connectivity index (χ4v) is 4.58. The molecular weight excluding hydrogens is 480 g/mol. The number of aliphatic hydroxyl groups is 1. The van der Waals surface area contributed by atoms with E-state index in [4.69, 9.17) is 8.92 Å². The molecule has 5 N–H and O–H groups in total. The number of carbonyl (C=O) groups excluding carboxylic acids is 1. The maximum Gasteiger partial charge on any atom is 0.446 e. The second kappa shape index (κ2) is 8.62. The molecule has 4 rings (SSSR count). The zero-order valence-corrected chi connectivity index (χ0v) is 19.3. The Labute approximate surface area is 199 Å². The lowest BCUT2D eigenvalue weighted by Crippen LogP contribution is -2.10. The highest BCUT2D eigenvalue weighted by molar-refractivity contribution is 7.81. The molecule has 35 heavy (non-hydrogen) atoms. The van der Waals surface area contributed by atoms with Crippen LogP contribution in [-0.2, 0) is 17.0 Å². The normalized spacial score (nSPS) is 11.7. The molecule has 0 unspecified atom stereocenters. The Balaban J connectivity index is 2.28. The fraction of sp³-hybridized carbons (Fsp3) is 0.125. The molecule has 0 atom stereocenters. The van der Waals surface area contributed by atoms with Crippen molar-refractivity contribution in [2.75, 3.05) is 7.11 Å². The SMILES string of the molecule is COc1c(C(C)=O)c(O)cc(OS(=O)(=O)O)c1-c1c(CO)cc(O)c2cc3c(O)cccc3cc12. The molecule has 0 amide bonds. The van der Waals surface area contributed by atoms with Gasteiger partial charge in [0.05, 0.1) is 19.3 Å². The van der Waals surface area contributed by atoms with Gasteiger partial charge in [0.25, 0.3) is 0 Å². The maximum absolute atomic E-state index is 12.3. The Kier molecular flexibility index (Phi) is 5.93. The minimum atomic E-state index is -5.10. The first-order chi connectivity index (χ1) is 16.5. The number of hydrogen-bond donors (Lipinski definition) is 5. The molecule has 0 saturated heterocycles. The summed E-state index contributed by atoms with van der Waals surface area (Å²) in [6, 6.07) is 9.88. The van der Waals surface area contributed by atoms with Gasteiger partial charge < -0.3 is 29.3 Å². The van der Waals surface area contributed by atoms with Crippen LogP contribution >= 0.6 is 0 Å². The van der Waals surface area contributed by atoms with Gasteiger partial charge >= 0.3 is 10.4 Å². The van der Waals surface area contributed by atoms with Crippen LogP contribution in [0, 0.1) is 0 Å². The fourth-order valence-electron chi connectivity index (χ4n) is 4.22. The van der Waals surface area contributed by atoms with Gasteiger partial charge in [0.2, 0.25) is 0 Å². The van der Waals surface area contributed by atoms with Gasteiger partial charge in [-0.3, -0.25) is 9.35 Å². The van der Waals surface area contributed by atoms with Crippen LogP contribution in [0.25, 0.3) is 32.7 Å². The van der Waals surface area contributed by atoms with Gasteiger partial charge in [-0.05, 0) is 47.5 Å². The van der Waals surface area contributed by atoms with Crippen LogP contribution in [0.4, 0.5) is 0 Å². The van der Waals surface area contributed by atoms with E-state index < -0.39 is 34.3 Å². The van der Waals surface area contributed by atoms with Crippen molar-refractivity contribution < 1.29 is 47.1 Å². The first kappa shape index (κ1) is 24.1. The number of hydrogen-bond acceptors (Lipinski definition) is 9. The largest absolute Gasteiger partial charge is 0.507 e. The van der Waals surface area contributed by atoms with Crippen molar-refractivity contribution in [3.05, 3.63) is 53.6 Å². The molecule has 0 heterocycles. The van der Waals surface area contributed by atoms with Crippen LogP contribution in [0.1, 0.15) is 22.8 Å². The molecule has 0 spiro atoms. The second-order valence-electron chi connectivity index (χ2n) is 7.73. The van der Waals surface area contributed by atoms with E-state index in [-0.39, 0.29) is 50.3 Å². The van der Waals surface area contributed by atoms with E-state index in [0.29, 0.717) is 10.8 Å². The molecule has 4 aromatic carbocycles. The number of aromatic hydroxyl groups is 3. The second-order valence-corrected chi connectivity index (χ2v) is 8.75. The molecule has 0 saturated carbocycles. The van der Waals surface area contributed by atoms with Crippen LogP contribution in [0.5, 0.6) is 28.7 Å². The predicted octanol–water partition coefficient (Wildman–Crippen LogP) is 3.66. The molecule has 0 aromatic heterocycles. The first-order valence-corrected chi connectivity index (χ1v) is 11.5. The summed E-state index contributed by atoms with van der Waals surface area (Å²) in [5.41, 5.74) is -0.285. The summed E-state index contributed by atoms with van der Waals surface area (Å²) in [4.78, 5) is 12.3. The van der Waals surface area contributed by atoms with E-state index in [0.717, 1.165) is 13.0 Å².